The zero-order valence-corrected chi connectivity index (χ0v) is 15.1. The van der Waals surface area contributed by atoms with Gasteiger partial charge in [-0.15, -0.1) is 0 Å². The Hall–Kier alpha value is -2.60. The number of rotatable bonds is 8. The van der Waals surface area contributed by atoms with Crippen LogP contribution in [0.4, 0.5) is 5.95 Å². The fourth-order valence-corrected chi connectivity index (χ4v) is 2.88. The van der Waals surface area contributed by atoms with Crippen LogP contribution < -0.4 is 10.1 Å². The maximum Gasteiger partial charge on any atom is 0.224 e. The Kier molecular flexibility index (Phi) is 5.50. The van der Waals surface area contributed by atoms with Gasteiger partial charge in [-0.3, -0.25) is 0 Å². The average Bonchev–Trinajstić information content (AvgIpc) is 3.08. The summed E-state index contributed by atoms with van der Waals surface area (Å²) in [7, 11) is 1.68. The Morgan fingerprint density at radius 1 is 1.16 bits per heavy atom. The SMILES string of the molecule is CCN(CC)CCNc1nccc(-n2ccc3cc(OC)ccc32)n1. The van der Waals surface area contributed by atoms with Gasteiger partial charge in [0.1, 0.15) is 11.6 Å². The lowest BCUT2D eigenvalue weighted by molar-refractivity contribution is 0.316. The molecule has 2 heterocycles. The zero-order valence-electron chi connectivity index (χ0n) is 15.1. The number of nitrogens with zero attached hydrogens (tertiary/aromatic N) is 4. The first-order valence-corrected chi connectivity index (χ1v) is 8.70. The molecule has 0 bridgehead atoms. The average molecular weight is 339 g/mol. The first-order valence-electron chi connectivity index (χ1n) is 8.70. The molecule has 0 spiro atoms. The van der Waals surface area contributed by atoms with Gasteiger partial charge in [-0.1, -0.05) is 13.8 Å². The highest BCUT2D eigenvalue weighted by Gasteiger charge is 2.07. The van der Waals surface area contributed by atoms with Crippen LogP contribution in [-0.4, -0.2) is 52.7 Å². The third kappa shape index (κ3) is 3.91. The number of likely N-dealkylation sites (N-methyl/N-ethyl adjacent to an activating group) is 1. The third-order valence-corrected chi connectivity index (χ3v) is 4.39. The smallest absolute Gasteiger partial charge is 0.224 e. The number of anilines is 1. The van der Waals surface area contributed by atoms with Gasteiger partial charge in [0, 0.05) is 30.9 Å². The van der Waals surface area contributed by atoms with E-state index >= 15 is 0 Å². The lowest BCUT2D eigenvalue weighted by Crippen LogP contribution is -2.29. The largest absolute Gasteiger partial charge is 0.497 e. The Morgan fingerprint density at radius 3 is 2.76 bits per heavy atom. The molecule has 0 fully saturated rings. The van der Waals surface area contributed by atoms with Crippen LogP contribution in [0.25, 0.3) is 16.7 Å². The first-order chi connectivity index (χ1) is 12.2. The second-order valence-electron chi connectivity index (χ2n) is 5.80. The zero-order chi connectivity index (χ0) is 17.6. The molecular formula is C19H25N5O. The first kappa shape index (κ1) is 17.2. The number of hydrogen-bond donors (Lipinski definition) is 1. The fourth-order valence-electron chi connectivity index (χ4n) is 2.88. The molecule has 0 unspecified atom stereocenters. The summed E-state index contributed by atoms with van der Waals surface area (Å²) in [5, 5.41) is 4.43. The Bertz CT molecular complexity index is 826. The van der Waals surface area contributed by atoms with Gasteiger partial charge in [-0.25, -0.2) is 4.98 Å². The highest BCUT2D eigenvalue weighted by atomic mass is 16.5. The van der Waals surface area contributed by atoms with E-state index in [0.717, 1.165) is 48.6 Å². The molecule has 6 nitrogen and oxygen atoms in total. The minimum absolute atomic E-state index is 0.653. The quantitative estimate of drug-likeness (QED) is 0.683. The molecule has 0 radical (unpaired) electrons. The highest BCUT2D eigenvalue weighted by molar-refractivity contribution is 5.83. The van der Waals surface area contributed by atoms with E-state index in [4.69, 9.17) is 4.74 Å². The van der Waals surface area contributed by atoms with Crippen LogP contribution in [0, 0.1) is 0 Å². The summed E-state index contributed by atoms with van der Waals surface area (Å²) in [5.41, 5.74) is 1.09. The van der Waals surface area contributed by atoms with Crippen LogP contribution in [0.5, 0.6) is 5.75 Å². The highest BCUT2D eigenvalue weighted by Crippen LogP contribution is 2.24. The Morgan fingerprint density at radius 2 is 2.00 bits per heavy atom. The van der Waals surface area contributed by atoms with E-state index in [0.29, 0.717) is 5.95 Å². The van der Waals surface area contributed by atoms with Gasteiger partial charge >= 0.3 is 0 Å². The van der Waals surface area contributed by atoms with E-state index in [9.17, 15) is 0 Å². The van der Waals surface area contributed by atoms with Gasteiger partial charge in [0.15, 0.2) is 0 Å². The fraction of sp³-hybridized carbons (Fsp3) is 0.368. The molecule has 1 aromatic carbocycles. The maximum atomic E-state index is 5.29. The summed E-state index contributed by atoms with van der Waals surface area (Å²) in [4.78, 5) is 11.3. The van der Waals surface area contributed by atoms with Crippen LogP contribution >= 0.6 is 0 Å². The van der Waals surface area contributed by atoms with Gasteiger partial charge in [0.25, 0.3) is 0 Å². The lowest BCUT2D eigenvalue weighted by atomic mass is 10.2. The molecule has 0 aliphatic rings. The van der Waals surface area contributed by atoms with Crippen LogP contribution in [0.2, 0.25) is 0 Å². The van der Waals surface area contributed by atoms with Crippen molar-refractivity contribution in [3.05, 3.63) is 42.7 Å². The summed E-state index contributed by atoms with van der Waals surface area (Å²) >= 11 is 0. The van der Waals surface area contributed by atoms with Crippen LogP contribution in [0.1, 0.15) is 13.8 Å². The summed E-state index contributed by atoms with van der Waals surface area (Å²) < 4.78 is 7.35. The van der Waals surface area contributed by atoms with Crippen LogP contribution in [-0.2, 0) is 0 Å². The van der Waals surface area contributed by atoms with Gasteiger partial charge in [0.05, 0.1) is 12.6 Å². The molecule has 132 valence electrons. The van der Waals surface area contributed by atoms with E-state index < -0.39 is 0 Å². The van der Waals surface area contributed by atoms with Crippen molar-refractivity contribution >= 4 is 16.9 Å². The minimum Gasteiger partial charge on any atom is -0.497 e. The van der Waals surface area contributed by atoms with Gasteiger partial charge in [-0.2, -0.15) is 4.98 Å². The van der Waals surface area contributed by atoms with Gasteiger partial charge in [-0.05, 0) is 43.4 Å². The number of ether oxygens (including phenoxy) is 1. The van der Waals surface area contributed by atoms with E-state index in [-0.39, 0.29) is 0 Å². The number of benzene rings is 1. The second kappa shape index (κ2) is 7.98. The van der Waals surface area contributed by atoms with Gasteiger partial charge < -0.3 is 19.5 Å². The second-order valence-corrected chi connectivity index (χ2v) is 5.80. The number of fused-ring (bicyclic) bond motifs is 1. The third-order valence-electron chi connectivity index (χ3n) is 4.39. The molecule has 0 amide bonds. The molecule has 3 rings (SSSR count). The Labute approximate surface area is 148 Å². The predicted octanol–water partition coefficient (Wildman–Crippen LogP) is 3.18. The summed E-state index contributed by atoms with van der Waals surface area (Å²) in [6.07, 6.45) is 3.81. The van der Waals surface area contributed by atoms with Crippen molar-refractivity contribution in [1.82, 2.24) is 19.4 Å². The predicted molar refractivity (Wildman–Crippen MR) is 102 cm³/mol. The summed E-state index contributed by atoms with van der Waals surface area (Å²) in [5.74, 6) is 2.35. The topological polar surface area (TPSA) is 55.2 Å². The number of aromatic nitrogens is 3. The molecule has 1 N–H and O–H groups in total. The van der Waals surface area contributed by atoms with Gasteiger partial charge in [0.2, 0.25) is 5.95 Å². The lowest BCUT2D eigenvalue weighted by Gasteiger charge is -2.18. The van der Waals surface area contributed by atoms with E-state index in [2.05, 4.69) is 44.7 Å². The van der Waals surface area contributed by atoms with Crippen molar-refractivity contribution in [2.45, 2.75) is 13.8 Å². The van der Waals surface area contributed by atoms with E-state index in [1.54, 1.807) is 13.3 Å². The van der Waals surface area contributed by atoms with Crippen molar-refractivity contribution in [2.24, 2.45) is 0 Å². The molecular weight excluding hydrogens is 314 g/mol. The van der Waals surface area contributed by atoms with Crippen molar-refractivity contribution in [3.63, 3.8) is 0 Å². The summed E-state index contributed by atoms with van der Waals surface area (Å²) in [6, 6.07) is 10.0. The van der Waals surface area contributed by atoms with Crippen molar-refractivity contribution in [1.29, 1.82) is 0 Å². The molecule has 0 atom stereocenters. The molecule has 6 heteroatoms. The molecule has 0 aliphatic heterocycles. The molecule has 0 saturated carbocycles. The standard InChI is InChI=1S/C19H25N5O/c1-4-23(5-2)13-11-21-19-20-10-8-18(22-19)24-12-9-15-14-16(25-3)6-7-17(15)24/h6-10,12,14H,4-5,11,13H2,1-3H3,(H,20,21,22). The molecule has 25 heavy (non-hydrogen) atoms. The van der Waals surface area contributed by atoms with E-state index in [1.165, 1.54) is 0 Å². The number of hydrogen-bond acceptors (Lipinski definition) is 5. The van der Waals surface area contributed by atoms with E-state index in [1.807, 2.05) is 30.5 Å². The normalized spacial score (nSPS) is 11.2. The molecule has 0 aliphatic carbocycles. The van der Waals surface area contributed by atoms with Crippen LogP contribution in [0.15, 0.2) is 42.7 Å². The van der Waals surface area contributed by atoms with Crippen molar-refractivity contribution in [2.75, 3.05) is 38.6 Å². The monoisotopic (exact) mass is 339 g/mol. The number of nitrogens with one attached hydrogen (secondary N) is 1. The Balaban J connectivity index is 1.77. The summed E-state index contributed by atoms with van der Waals surface area (Å²) in [6.45, 7) is 8.26. The molecule has 3 aromatic rings. The van der Waals surface area contributed by atoms with Crippen LogP contribution in [0.3, 0.4) is 0 Å². The van der Waals surface area contributed by atoms with Crippen molar-refractivity contribution in [3.8, 4) is 11.6 Å². The number of methoxy groups -OCH3 is 1. The molecule has 0 saturated heterocycles. The molecule has 2 aromatic heterocycles. The van der Waals surface area contributed by atoms with Crippen molar-refractivity contribution < 1.29 is 4.74 Å². The minimum atomic E-state index is 0.653. The maximum absolute atomic E-state index is 5.29.